The molecule has 0 aliphatic heterocycles. The number of carboxylic acid groups (broad SMARTS) is 1. The predicted molar refractivity (Wildman–Crippen MR) is 107 cm³/mol. The first-order valence-electron chi connectivity index (χ1n) is 8.56. The maximum absolute atomic E-state index is 11.9. The highest BCUT2D eigenvalue weighted by molar-refractivity contribution is 6.37. The molecule has 2 rings (SSSR count). The van der Waals surface area contributed by atoms with E-state index in [0.717, 1.165) is 6.42 Å². The highest BCUT2D eigenvalue weighted by Gasteiger charge is 2.13. The summed E-state index contributed by atoms with van der Waals surface area (Å²) >= 11 is 12.3. The number of hydrogen-bond donors (Lipinski definition) is 2. The Morgan fingerprint density at radius 1 is 1.15 bits per heavy atom. The first-order chi connectivity index (χ1) is 12.8. The van der Waals surface area contributed by atoms with Crippen molar-refractivity contribution in [3.8, 4) is 11.5 Å². The van der Waals surface area contributed by atoms with E-state index in [0.29, 0.717) is 29.3 Å². The Morgan fingerprint density at radius 2 is 1.74 bits per heavy atom. The van der Waals surface area contributed by atoms with Crippen LogP contribution in [0, 0.1) is 5.92 Å². The van der Waals surface area contributed by atoms with Gasteiger partial charge in [0.2, 0.25) is 5.91 Å². The number of aliphatic carboxylic acids is 1. The molecule has 5 nitrogen and oxygen atoms in total. The van der Waals surface area contributed by atoms with E-state index >= 15 is 0 Å². The number of anilines is 1. The molecule has 7 heteroatoms. The maximum atomic E-state index is 11.9. The summed E-state index contributed by atoms with van der Waals surface area (Å²) in [5.41, 5.74) is 1.16. The molecule has 1 amide bonds. The minimum atomic E-state index is -0.971. The molecule has 27 heavy (non-hydrogen) atoms. The third kappa shape index (κ3) is 6.45. The lowest BCUT2D eigenvalue weighted by Crippen LogP contribution is -2.14. The Labute approximate surface area is 168 Å². The molecule has 1 unspecified atom stereocenters. The van der Waals surface area contributed by atoms with Crippen molar-refractivity contribution in [2.45, 2.75) is 33.1 Å². The van der Waals surface area contributed by atoms with E-state index in [1.54, 1.807) is 24.3 Å². The summed E-state index contributed by atoms with van der Waals surface area (Å²) in [6.07, 6.45) is 1.25. The zero-order valence-corrected chi connectivity index (χ0v) is 16.6. The van der Waals surface area contributed by atoms with Crippen molar-refractivity contribution in [3.63, 3.8) is 0 Å². The number of carbonyl (C=O) groups is 2. The number of benzene rings is 2. The van der Waals surface area contributed by atoms with E-state index in [2.05, 4.69) is 12.2 Å². The molecule has 0 saturated carbocycles. The quantitative estimate of drug-likeness (QED) is 0.578. The number of amides is 1. The second-order valence-electron chi connectivity index (χ2n) is 6.35. The van der Waals surface area contributed by atoms with E-state index in [1.165, 1.54) is 12.1 Å². The number of hydrogen-bond acceptors (Lipinski definition) is 3. The first kappa shape index (κ1) is 21.1. The van der Waals surface area contributed by atoms with Crippen molar-refractivity contribution in [2.75, 3.05) is 5.32 Å². The highest BCUT2D eigenvalue weighted by Crippen LogP contribution is 2.37. The molecule has 0 spiro atoms. The molecule has 0 aliphatic carbocycles. The van der Waals surface area contributed by atoms with Gasteiger partial charge in [-0.1, -0.05) is 43.5 Å². The van der Waals surface area contributed by atoms with Crippen LogP contribution in [-0.2, 0) is 16.0 Å². The zero-order chi connectivity index (χ0) is 20.0. The lowest BCUT2D eigenvalue weighted by atomic mass is 10.1. The SMILES string of the molecule is CCC(C)CC(=O)Nc1ccc(Oc2c(Cl)cc(CC(=O)O)cc2Cl)cc1. The Morgan fingerprint density at radius 3 is 2.26 bits per heavy atom. The summed E-state index contributed by atoms with van der Waals surface area (Å²) in [5, 5.41) is 12.2. The molecule has 0 fully saturated rings. The summed E-state index contributed by atoms with van der Waals surface area (Å²) in [7, 11) is 0. The van der Waals surface area contributed by atoms with Gasteiger partial charge in [-0.3, -0.25) is 9.59 Å². The van der Waals surface area contributed by atoms with Gasteiger partial charge in [0.25, 0.3) is 0 Å². The fraction of sp³-hybridized carbons (Fsp3) is 0.300. The summed E-state index contributed by atoms with van der Waals surface area (Å²) in [5.74, 6) is 0.0756. The van der Waals surface area contributed by atoms with Gasteiger partial charge in [0, 0.05) is 12.1 Å². The molecule has 0 bridgehead atoms. The van der Waals surface area contributed by atoms with E-state index in [-0.39, 0.29) is 28.1 Å². The van der Waals surface area contributed by atoms with Gasteiger partial charge in [0.05, 0.1) is 16.5 Å². The number of nitrogens with one attached hydrogen (secondary N) is 1. The number of ether oxygens (including phenoxy) is 1. The molecule has 2 aromatic carbocycles. The average Bonchev–Trinajstić information content (AvgIpc) is 2.58. The monoisotopic (exact) mass is 409 g/mol. The first-order valence-corrected chi connectivity index (χ1v) is 9.31. The largest absolute Gasteiger partial charge is 0.481 e. The molecule has 0 aliphatic rings. The molecule has 1 atom stereocenters. The van der Waals surface area contributed by atoms with Gasteiger partial charge < -0.3 is 15.2 Å². The standard InChI is InChI=1S/C20H21Cl2NO4/c1-3-12(2)8-18(24)23-14-4-6-15(7-5-14)27-20-16(21)9-13(10-17(20)22)11-19(25)26/h4-7,9-10,12H,3,8,11H2,1-2H3,(H,23,24)(H,25,26). The predicted octanol–water partition coefficient (Wildman–Crippen LogP) is 5.79. The molecular weight excluding hydrogens is 389 g/mol. The lowest BCUT2D eigenvalue weighted by molar-refractivity contribution is -0.136. The van der Waals surface area contributed by atoms with Gasteiger partial charge >= 0.3 is 5.97 Å². The number of carbonyl (C=O) groups excluding carboxylic acids is 1. The Hall–Kier alpha value is -2.24. The molecule has 2 N–H and O–H groups in total. The minimum absolute atomic E-state index is 0.0295. The second kappa shape index (κ2) is 9.62. The van der Waals surface area contributed by atoms with Gasteiger partial charge in [-0.25, -0.2) is 0 Å². The fourth-order valence-electron chi connectivity index (χ4n) is 2.38. The number of rotatable bonds is 8. The summed E-state index contributed by atoms with van der Waals surface area (Å²) < 4.78 is 5.72. The van der Waals surface area contributed by atoms with Crippen LogP contribution >= 0.6 is 23.2 Å². The second-order valence-corrected chi connectivity index (χ2v) is 7.17. The van der Waals surface area contributed by atoms with Crippen LogP contribution in [0.25, 0.3) is 0 Å². The molecule has 0 saturated heterocycles. The van der Waals surface area contributed by atoms with E-state index in [1.807, 2.05) is 6.92 Å². The van der Waals surface area contributed by atoms with Crippen molar-refractivity contribution < 1.29 is 19.4 Å². The number of halogens is 2. The van der Waals surface area contributed by atoms with Crippen LogP contribution in [0.3, 0.4) is 0 Å². The normalized spacial score (nSPS) is 11.7. The van der Waals surface area contributed by atoms with Crippen molar-refractivity contribution in [1.82, 2.24) is 0 Å². The van der Waals surface area contributed by atoms with Gasteiger partial charge in [0.1, 0.15) is 5.75 Å². The molecule has 144 valence electrons. The van der Waals surface area contributed by atoms with E-state index in [9.17, 15) is 9.59 Å². The van der Waals surface area contributed by atoms with Crippen LogP contribution in [0.4, 0.5) is 5.69 Å². The molecule has 2 aromatic rings. The summed E-state index contributed by atoms with van der Waals surface area (Å²) in [4.78, 5) is 22.7. The Balaban J connectivity index is 2.06. The van der Waals surface area contributed by atoms with Gasteiger partial charge in [-0.15, -0.1) is 0 Å². The van der Waals surface area contributed by atoms with Crippen molar-refractivity contribution in [2.24, 2.45) is 5.92 Å². The van der Waals surface area contributed by atoms with Crippen LogP contribution in [0.5, 0.6) is 11.5 Å². The Bertz CT molecular complexity index is 798. The summed E-state index contributed by atoms with van der Waals surface area (Å²) in [6.45, 7) is 4.08. The van der Waals surface area contributed by atoms with Crippen LogP contribution in [-0.4, -0.2) is 17.0 Å². The smallest absolute Gasteiger partial charge is 0.307 e. The van der Waals surface area contributed by atoms with Gasteiger partial charge in [0.15, 0.2) is 5.75 Å². The zero-order valence-electron chi connectivity index (χ0n) is 15.1. The minimum Gasteiger partial charge on any atom is -0.481 e. The molecular formula is C20H21Cl2NO4. The fourth-order valence-corrected chi connectivity index (χ4v) is 2.99. The van der Waals surface area contributed by atoms with Crippen molar-refractivity contribution in [3.05, 3.63) is 52.0 Å². The van der Waals surface area contributed by atoms with Crippen LogP contribution in [0.2, 0.25) is 10.0 Å². The maximum Gasteiger partial charge on any atom is 0.307 e. The van der Waals surface area contributed by atoms with Crippen LogP contribution in [0.15, 0.2) is 36.4 Å². The lowest BCUT2D eigenvalue weighted by Gasteiger charge is -2.12. The number of carboxylic acids is 1. The highest BCUT2D eigenvalue weighted by atomic mass is 35.5. The van der Waals surface area contributed by atoms with Crippen molar-refractivity contribution >= 4 is 40.8 Å². The molecule has 0 heterocycles. The third-order valence-corrected chi connectivity index (χ3v) is 4.56. The molecule has 0 radical (unpaired) electrons. The third-order valence-electron chi connectivity index (χ3n) is 4.00. The summed E-state index contributed by atoms with van der Waals surface area (Å²) in [6, 6.07) is 9.86. The van der Waals surface area contributed by atoms with Gasteiger partial charge in [-0.05, 0) is 47.9 Å². The van der Waals surface area contributed by atoms with Gasteiger partial charge in [-0.2, -0.15) is 0 Å². The van der Waals surface area contributed by atoms with Crippen LogP contribution < -0.4 is 10.1 Å². The van der Waals surface area contributed by atoms with E-state index in [4.69, 9.17) is 33.0 Å². The average molecular weight is 410 g/mol. The Kier molecular flexibility index (Phi) is 7.51. The van der Waals surface area contributed by atoms with E-state index < -0.39 is 5.97 Å². The van der Waals surface area contributed by atoms with Crippen LogP contribution in [0.1, 0.15) is 32.3 Å². The molecule has 0 aromatic heterocycles. The topological polar surface area (TPSA) is 75.6 Å². The van der Waals surface area contributed by atoms with Crippen molar-refractivity contribution in [1.29, 1.82) is 0 Å².